The van der Waals surface area contributed by atoms with Crippen LogP contribution in [0, 0.1) is 0 Å². The lowest BCUT2D eigenvalue weighted by molar-refractivity contribution is 0.0953. The van der Waals surface area contributed by atoms with Crippen molar-refractivity contribution in [2.75, 3.05) is 30.4 Å². The Morgan fingerprint density at radius 3 is 2.53 bits per heavy atom. The molecule has 0 saturated heterocycles. The highest BCUT2D eigenvalue weighted by Crippen LogP contribution is 2.23. The van der Waals surface area contributed by atoms with Crippen molar-refractivity contribution in [1.82, 2.24) is 10.3 Å². The van der Waals surface area contributed by atoms with E-state index in [2.05, 4.69) is 31.5 Å². The minimum atomic E-state index is -0.332. The first-order valence-corrected chi connectivity index (χ1v) is 10.4. The molecule has 2 amide bonds. The van der Waals surface area contributed by atoms with Crippen LogP contribution in [0.5, 0.6) is 0 Å². The van der Waals surface area contributed by atoms with Gasteiger partial charge in [0.25, 0.3) is 11.8 Å². The number of hydrogen-bond donors (Lipinski definition) is 2. The highest BCUT2D eigenvalue weighted by atomic mass is 79.9. The Labute approximate surface area is 183 Å². The fourth-order valence-electron chi connectivity index (χ4n) is 2.89. The highest BCUT2D eigenvalue weighted by molar-refractivity contribution is 9.10. The van der Waals surface area contributed by atoms with Crippen molar-refractivity contribution in [3.63, 3.8) is 0 Å². The second kappa shape index (κ2) is 10.6. The van der Waals surface area contributed by atoms with Crippen LogP contribution in [0.3, 0.4) is 0 Å². The molecule has 7 nitrogen and oxygen atoms in total. The summed E-state index contributed by atoms with van der Waals surface area (Å²) in [5.74, 6) is 0.483. The second-order valence-corrected chi connectivity index (χ2v) is 7.37. The molecule has 0 bridgehead atoms. The number of unbranched alkanes of at least 4 members (excludes halogenated alkanes) is 1. The van der Waals surface area contributed by atoms with Crippen LogP contribution >= 0.6 is 15.9 Å². The summed E-state index contributed by atoms with van der Waals surface area (Å²) < 4.78 is 5.81. The van der Waals surface area contributed by atoms with Crippen molar-refractivity contribution in [3.8, 4) is 0 Å². The van der Waals surface area contributed by atoms with Gasteiger partial charge >= 0.3 is 0 Å². The zero-order chi connectivity index (χ0) is 21.3. The number of anilines is 2. The topological polar surface area (TPSA) is 87.5 Å². The number of para-hydroxylation sites is 1. The van der Waals surface area contributed by atoms with E-state index in [1.165, 1.54) is 4.90 Å². The first-order chi connectivity index (χ1) is 14.6. The van der Waals surface area contributed by atoms with Crippen LogP contribution in [0.2, 0.25) is 0 Å². The van der Waals surface area contributed by atoms with Crippen LogP contribution in [0.1, 0.15) is 33.8 Å². The number of hydrogen-bond acceptors (Lipinski definition) is 5. The number of furan rings is 1. The Bertz CT molecular complexity index is 991. The minimum Gasteiger partial charge on any atom is -0.444 e. The standard InChI is InChI=1S/C22H23BrN4O3/c1-27(22(29)18-11-12-19(23)30-18)17-9-3-2-8-16(17)21(28)26-15-7-6-14-25-20-10-4-5-13-24-20/h2-5,8-13H,6-7,14-15H2,1H3,(H,24,25)(H,26,28). The lowest BCUT2D eigenvalue weighted by Crippen LogP contribution is -2.31. The van der Waals surface area contributed by atoms with Crippen molar-refractivity contribution >= 4 is 39.2 Å². The maximum Gasteiger partial charge on any atom is 0.293 e. The maximum atomic E-state index is 12.7. The van der Waals surface area contributed by atoms with Gasteiger partial charge in [-0.25, -0.2) is 4.98 Å². The van der Waals surface area contributed by atoms with E-state index >= 15 is 0 Å². The van der Waals surface area contributed by atoms with E-state index in [1.807, 2.05) is 18.2 Å². The van der Waals surface area contributed by atoms with Crippen LogP contribution < -0.4 is 15.5 Å². The Morgan fingerprint density at radius 1 is 1.03 bits per heavy atom. The van der Waals surface area contributed by atoms with Crippen molar-refractivity contribution in [1.29, 1.82) is 0 Å². The quantitative estimate of drug-likeness (QED) is 0.454. The molecule has 30 heavy (non-hydrogen) atoms. The summed E-state index contributed by atoms with van der Waals surface area (Å²) in [6.45, 7) is 1.32. The molecule has 0 aliphatic rings. The Morgan fingerprint density at radius 2 is 1.80 bits per heavy atom. The highest BCUT2D eigenvalue weighted by Gasteiger charge is 2.21. The molecule has 0 radical (unpaired) electrons. The third-order valence-electron chi connectivity index (χ3n) is 4.46. The van der Waals surface area contributed by atoms with Gasteiger partial charge in [-0.05, 0) is 65.2 Å². The lowest BCUT2D eigenvalue weighted by Gasteiger charge is -2.19. The number of pyridine rings is 1. The van der Waals surface area contributed by atoms with E-state index < -0.39 is 0 Å². The monoisotopic (exact) mass is 470 g/mol. The fraction of sp³-hybridized carbons (Fsp3) is 0.227. The second-order valence-electron chi connectivity index (χ2n) is 6.59. The number of nitrogens with zero attached hydrogens (tertiary/aromatic N) is 2. The molecule has 156 valence electrons. The normalized spacial score (nSPS) is 10.5. The molecule has 0 atom stereocenters. The molecule has 2 N–H and O–H groups in total. The zero-order valence-electron chi connectivity index (χ0n) is 16.6. The molecule has 2 heterocycles. The zero-order valence-corrected chi connectivity index (χ0v) is 18.2. The Kier molecular flexibility index (Phi) is 7.62. The van der Waals surface area contributed by atoms with Crippen LogP contribution in [0.4, 0.5) is 11.5 Å². The molecule has 0 saturated carbocycles. The summed E-state index contributed by atoms with van der Waals surface area (Å²) in [6, 6.07) is 16.0. The van der Waals surface area contributed by atoms with Crippen molar-refractivity contribution < 1.29 is 14.0 Å². The summed E-state index contributed by atoms with van der Waals surface area (Å²) in [5, 5.41) is 6.16. The van der Waals surface area contributed by atoms with E-state index in [0.717, 1.165) is 25.2 Å². The number of halogens is 1. The summed E-state index contributed by atoms with van der Waals surface area (Å²) in [6.07, 6.45) is 3.46. The predicted octanol–water partition coefficient (Wildman–Crippen LogP) is 4.34. The first-order valence-electron chi connectivity index (χ1n) is 9.62. The largest absolute Gasteiger partial charge is 0.444 e. The first kappa shape index (κ1) is 21.6. The van der Waals surface area contributed by atoms with Crippen LogP contribution in [0.25, 0.3) is 0 Å². The van der Waals surface area contributed by atoms with Gasteiger partial charge in [0.2, 0.25) is 0 Å². The number of aromatic nitrogens is 1. The van der Waals surface area contributed by atoms with E-state index in [0.29, 0.717) is 22.5 Å². The molecule has 3 aromatic rings. The average molecular weight is 471 g/mol. The molecule has 0 fully saturated rings. The smallest absolute Gasteiger partial charge is 0.293 e. The SMILES string of the molecule is CN(C(=O)c1ccc(Br)o1)c1ccccc1C(=O)NCCCCNc1ccccn1. The molecule has 0 aliphatic carbocycles. The molecule has 0 aliphatic heterocycles. The molecular formula is C22H23BrN4O3. The molecular weight excluding hydrogens is 448 g/mol. The maximum absolute atomic E-state index is 12.7. The molecule has 3 rings (SSSR count). The summed E-state index contributed by atoms with van der Waals surface area (Å²) in [5.41, 5.74) is 0.954. The minimum absolute atomic E-state index is 0.194. The van der Waals surface area contributed by atoms with Gasteiger partial charge in [-0.15, -0.1) is 0 Å². The number of nitrogens with one attached hydrogen (secondary N) is 2. The number of carbonyl (C=O) groups excluding carboxylic acids is 2. The molecule has 8 heteroatoms. The van der Waals surface area contributed by atoms with Gasteiger partial charge in [0.05, 0.1) is 11.3 Å². The van der Waals surface area contributed by atoms with Gasteiger partial charge in [-0.1, -0.05) is 18.2 Å². The number of benzene rings is 1. The van der Waals surface area contributed by atoms with Crippen LogP contribution in [-0.2, 0) is 0 Å². The van der Waals surface area contributed by atoms with Gasteiger partial charge in [-0.2, -0.15) is 0 Å². The van der Waals surface area contributed by atoms with E-state index in [9.17, 15) is 9.59 Å². The van der Waals surface area contributed by atoms with Crippen molar-refractivity contribution in [2.24, 2.45) is 0 Å². The van der Waals surface area contributed by atoms with E-state index in [-0.39, 0.29) is 17.6 Å². The van der Waals surface area contributed by atoms with Gasteiger partial charge in [0.1, 0.15) is 5.82 Å². The fourth-order valence-corrected chi connectivity index (χ4v) is 3.20. The number of amides is 2. The molecule has 0 unspecified atom stereocenters. The van der Waals surface area contributed by atoms with Gasteiger partial charge in [-0.3, -0.25) is 9.59 Å². The van der Waals surface area contributed by atoms with Gasteiger partial charge in [0.15, 0.2) is 10.4 Å². The Hall–Kier alpha value is -3.13. The third kappa shape index (κ3) is 5.70. The van der Waals surface area contributed by atoms with Crippen LogP contribution in [-0.4, -0.2) is 36.9 Å². The summed E-state index contributed by atoms with van der Waals surface area (Å²) in [4.78, 5) is 31.0. The third-order valence-corrected chi connectivity index (χ3v) is 4.88. The van der Waals surface area contributed by atoms with Gasteiger partial charge in [0, 0.05) is 26.3 Å². The van der Waals surface area contributed by atoms with Crippen LogP contribution in [0.15, 0.2) is 69.9 Å². The van der Waals surface area contributed by atoms with E-state index in [1.54, 1.807) is 49.6 Å². The summed E-state index contributed by atoms with van der Waals surface area (Å²) in [7, 11) is 1.62. The average Bonchev–Trinajstić information content (AvgIpc) is 3.22. The summed E-state index contributed by atoms with van der Waals surface area (Å²) >= 11 is 3.19. The van der Waals surface area contributed by atoms with Gasteiger partial charge < -0.3 is 20.0 Å². The van der Waals surface area contributed by atoms with Crippen molar-refractivity contribution in [2.45, 2.75) is 12.8 Å². The van der Waals surface area contributed by atoms with Crippen molar-refractivity contribution in [3.05, 3.63) is 76.8 Å². The predicted molar refractivity (Wildman–Crippen MR) is 120 cm³/mol. The lowest BCUT2D eigenvalue weighted by atomic mass is 10.1. The molecule has 2 aromatic heterocycles. The number of carbonyl (C=O) groups is 2. The molecule has 0 spiro atoms. The van der Waals surface area contributed by atoms with E-state index in [4.69, 9.17) is 4.42 Å². The Balaban J connectivity index is 1.51. The number of rotatable bonds is 9. The molecule has 1 aromatic carbocycles.